The van der Waals surface area contributed by atoms with E-state index in [1.807, 2.05) is 0 Å². The molecule has 4 rings (SSSR count). The van der Waals surface area contributed by atoms with Gasteiger partial charge in [-0.3, -0.25) is 9.69 Å². The summed E-state index contributed by atoms with van der Waals surface area (Å²) in [7, 11) is 0. The van der Waals surface area contributed by atoms with Crippen molar-refractivity contribution in [2.75, 3.05) is 26.2 Å². The third-order valence-corrected chi connectivity index (χ3v) is 5.15. The lowest BCUT2D eigenvalue weighted by molar-refractivity contribution is -0.141. The van der Waals surface area contributed by atoms with Crippen LogP contribution >= 0.6 is 0 Å². The zero-order valence-corrected chi connectivity index (χ0v) is 13.9. The van der Waals surface area contributed by atoms with Crippen LogP contribution in [0.2, 0.25) is 0 Å². The maximum Gasteiger partial charge on any atom is 0.251 e. The fourth-order valence-corrected chi connectivity index (χ4v) is 3.99. The maximum atomic E-state index is 12.0. The van der Waals surface area contributed by atoms with E-state index in [1.165, 1.54) is 29.2 Å². The smallest absolute Gasteiger partial charge is 0.251 e. The quantitative estimate of drug-likeness (QED) is 0.922. The summed E-state index contributed by atoms with van der Waals surface area (Å²) in [6.45, 7) is 4.53. The molecule has 2 aliphatic rings. The summed E-state index contributed by atoms with van der Waals surface area (Å²) in [5.74, 6) is -0.165. The van der Waals surface area contributed by atoms with Crippen LogP contribution in [0.15, 0.2) is 48.5 Å². The van der Waals surface area contributed by atoms with Crippen molar-refractivity contribution in [2.45, 2.75) is 19.1 Å². The van der Waals surface area contributed by atoms with Crippen LogP contribution in [0.25, 0.3) is 11.1 Å². The molecule has 1 saturated heterocycles. The highest BCUT2D eigenvalue weighted by atomic mass is 16.3. The zero-order chi connectivity index (χ0) is 16.7. The van der Waals surface area contributed by atoms with E-state index >= 15 is 0 Å². The molecule has 4 nitrogen and oxygen atoms in total. The number of piperazine rings is 1. The molecule has 1 amide bonds. The van der Waals surface area contributed by atoms with E-state index in [9.17, 15) is 9.90 Å². The van der Waals surface area contributed by atoms with Gasteiger partial charge >= 0.3 is 0 Å². The van der Waals surface area contributed by atoms with Gasteiger partial charge in [-0.2, -0.15) is 0 Å². The van der Waals surface area contributed by atoms with Gasteiger partial charge in [0.15, 0.2) is 0 Å². The number of amides is 1. The van der Waals surface area contributed by atoms with Crippen LogP contribution in [0, 0.1) is 0 Å². The molecular weight excluding hydrogens is 300 g/mol. The Morgan fingerprint density at radius 3 is 1.96 bits per heavy atom. The second-order valence-electron chi connectivity index (χ2n) is 6.61. The number of aliphatic hydroxyl groups excluding tert-OH is 1. The van der Waals surface area contributed by atoms with Gasteiger partial charge in [-0.05, 0) is 29.2 Å². The maximum absolute atomic E-state index is 12.0. The van der Waals surface area contributed by atoms with E-state index in [0.717, 1.165) is 13.1 Å². The van der Waals surface area contributed by atoms with Crippen molar-refractivity contribution in [3.63, 3.8) is 0 Å². The topological polar surface area (TPSA) is 43.8 Å². The molecule has 1 atom stereocenters. The molecule has 1 heterocycles. The number of benzene rings is 2. The van der Waals surface area contributed by atoms with Gasteiger partial charge in [-0.25, -0.2) is 0 Å². The van der Waals surface area contributed by atoms with E-state index in [-0.39, 0.29) is 11.9 Å². The molecule has 1 unspecified atom stereocenters. The van der Waals surface area contributed by atoms with Crippen LogP contribution in [0.3, 0.4) is 0 Å². The van der Waals surface area contributed by atoms with Gasteiger partial charge < -0.3 is 10.0 Å². The molecule has 1 aliphatic carbocycles. The molecule has 2 aromatic carbocycles. The summed E-state index contributed by atoms with van der Waals surface area (Å²) in [5, 5.41) is 9.51. The van der Waals surface area contributed by atoms with E-state index in [1.54, 1.807) is 4.90 Å². The summed E-state index contributed by atoms with van der Waals surface area (Å²) in [5.41, 5.74) is 5.35. The summed E-state index contributed by atoms with van der Waals surface area (Å²) < 4.78 is 0. The van der Waals surface area contributed by atoms with E-state index in [2.05, 4.69) is 53.4 Å². The first-order valence-corrected chi connectivity index (χ1v) is 8.56. The lowest BCUT2D eigenvalue weighted by Crippen LogP contribution is -2.51. The van der Waals surface area contributed by atoms with Gasteiger partial charge in [0.1, 0.15) is 6.10 Å². The van der Waals surface area contributed by atoms with Crippen LogP contribution in [0.1, 0.15) is 24.1 Å². The highest BCUT2D eigenvalue weighted by Gasteiger charge is 2.35. The standard InChI is InChI=1S/C20H22N2O2/c1-14(23)20(24)22-12-10-21(11-13-22)19-17-8-4-2-6-15(17)16-7-3-5-9-18(16)19/h2-9,14,19,23H,10-13H2,1H3. The molecule has 0 saturated carbocycles. The number of carbonyl (C=O) groups is 1. The van der Waals surface area contributed by atoms with Crippen molar-refractivity contribution in [1.82, 2.24) is 9.80 Å². The Hall–Kier alpha value is -2.17. The molecule has 0 bridgehead atoms. The molecule has 1 aliphatic heterocycles. The van der Waals surface area contributed by atoms with Crippen LogP contribution < -0.4 is 0 Å². The first-order valence-electron chi connectivity index (χ1n) is 8.56. The normalized spacial score (nSPS) is 19.0. The number of rotatable bonds is 2. The molecule has 24 heavy (non-hydrogen) atoms. The molecule has 0 aromatic heterocycles. The zero-order valence-electron chi connectivity index (χ0n) is 13.9. The van der Waals surface area contributed by atoms with Gasteiger partial charge in [0.05, 0.1) is 6.04 Å². The van der Waals surface area contributed by atoms with Crippen molar-refractivity contribution in [2.24, 2.45) is 0 Å². The van der Waals surface area contributed by atoms with Crippen LogP contribution in [-0.2, 0) is 4.79 Å². The van der Waals surface area contributed by atoms with Crippen molar-refractivity contribution in [1.29, 1.82) is 0 Å². The van der Waals surface area contributed by atoms with E-state index in [4.69, 9.17) is 0 Å². The van der Waals surface area contributed by atoms with Gasteiger partial charge in [0.25, 0.3) is 5.91 Å². The molecule has 1 fully saturated rings. The summed E-state index contributed by atoms with van der Waals surface area (Å²) >= 11 is 0. The number of hydrogen-bond donors (Lipinski definition) is 1. The van der Waals surface area contributed by atoms with Crippen molar-refractivity contribution in [3.8, 4) is 11.1 Å². The lowest BCUT2D eigenvalue weighted by Gasteiger charge is -2.39. The Bertz CT molecular complexity index is 718. The Kier molecular flexibility index (Phi) is 3.87. The molecule has 2 aromatic rings. The van der Waals surface area contributed by atoms with Crippen molar-refractivity contribution in [3.05, 3.63) is 59.7 Å². The first kappa shape index (κ1) is 15.4. The van der Waals surface area contributed by atoms with Crippen LogP contribution in [-0.4, -0.2) is 53.1 Å². The number of fused-ring (bicyclic) bond motifs is 3. The Morgan fingerprint density at radius 1 is 0.958 bits per heavy atom. The van der Waals surface area contributed by atoms with Gasteiger partial charge in [0, 0.05) is 26.2 Å². The predicted molar refractivity (Wildman–Crippen MR) is 93.6 cm³/mol. The summed E-state index contributed by atoms with van der Waals surface area (Å²) in [4.78, 5) is 16.2. The summed E-state index contributed by atoms with van der Waals surface area (Å²) in [6.07, 6.45) is -0.913. The van der Waals surface area contributed by atoms with Gasteiger partial charge in [-0.15, -0.1) is 0 Å². The largest absolute Gasteiger partial charge is 0.384 e. The minimum atomic E-state index is -0.913. The molecule has 4 heteroatoms. The van der Waals surface area contributed by atoms with Crippen LogP contribution in [0.5, 0.6) is 0 Å². The van der Waals surface area contributed by atoms with Crippen molar-refractivity contribution >= 4 is 5.91 Å². The second-order valence-corrected chi connectivity index (χ2v) is 6.61. The Morgan fingerprint density at radius 2 is 1.46 bits per heavy atom. The Labute approximate surface area is 142 Å². The van der Waals surface area contributed by atoms with Gasteiger partial charge in [0.2, 0.25) is 0 Å². The highest BCUT2D eigenvalue weighted by molar-refractivity contribution is 5.80. The second kappa shape index (κ2) is 6.04. The average molecular weight is 322 g/mol. The Balaban J connectivity index is 1.61. The van der Waals surface area contributed by atoms with Crippen LogP contribution in [0.4, 0.5) is 0 Å². The molecule has 1 N–H and O–H groups in total. The third-order valence-electron chi connectivity index (χ3n) is 5.15. The highest BCUT2D eigenvalue weighted by Crippen LogP contribution is 2.46. The molecular formula is C20H22N2O2. The lowest BCUT2D eigenvalue weighted by atomic mass is 10.0. The minimum absolute atomic E-state index is 0.165. The molecule has 124 valence electrons. The first-order chi connectivity index (χ1) is 11.7. The third kappa shape index (κ3) is 2.43. The fourth-order valence-electron chi connectivity index (χ4n) is 3.99. The SMILES string of the molecule is CC(O)C(=O)N1CCN(C2c3ccccc3-c3ccccc32)CC1. The number of carbonyl (C=O) groups excluding carboxylic acids is 1. The monoisotopic (exact) mass is 322 g/mol. The fraction of sp³-hybridized carbons (Fsp3) is 0.350. The number of nitrogens with zero attached hydrogens (tertiary/aromatic N) is 2. The van der Waals surface area contributed by atoms with E-state index in [0.29, 0.717) is 13.1 Å². The minimum Gasteiger partial charge on any atom is -0.384 e. The molecule has 0 radical (unpaired) electrons. The number of aliphatic hydroxyl groups is 1. The van der Waals surface area contributed by atoms with E-state index < -0.39 is 6.10 Å². The molecule has 0 spiro atoms. The average Bonchev–Trinajstić information content (AvgIpc) is 2.96. The number of hydrogen-bond acceptors (Lipinski definition) is 3. The van der Waals surface area contributed by atoms with Crippen molar-refractivity contribution < 1.29 is 9.90 Å². The van der Waals surface area contributed by atoms with Gasteiger partial charge in [-0.1, -0.05) is 48.5 Å². The predicted octanol–water partition coefficient (Wildman–Crippen LogP) is 2.28. The summed E-state index contributed by atoms with van der Waals surface area (Å²) in [6, 6.07) is 17.5.